The number of aryl methyl sites for hydroxylation is 1. The van der Waals surface area contributed by atoms with Crippen LogP contribution in [-0.2, 0) is 0 Å². The minimum Gasteiger partial charge on any atom is -0.460 e. The summed E-state index contributed by atoms with van der Waals surface area (Å²) in [5.74, 6) is 0.578. The van der Waals surface area contributed by atoms with Crippen molar-refractivity contribution in [2.24, 2.45) is 5.10 Å². The largest absolute Gasteiger partial charge is 0.460 e. The Bertz CT molecular complexity index is 945. The van der Waals surface area contributed by atoms with E-state index in [0.29, 0.717) is 37.9 Å². The minimum absolute atomic E-state index is 0.298. The number of nitrogens with zero attached hydrogens (tertiary/aromatic N) is 1. The summed E-state index contributed by atoms with van der Waals surface area (Å²) in [5.41, 5.74) is 3.12. The second-order valence-corrected chi connectivity index (χ2v) is 6.58. The van der Waals surface area contributed by atoms with E-state index in [2.05, 4.69) is 10.5 Å². The van der Waals surface area contributed by atoms with Gasteiger partial charge in [-0.3, -0.25) is 4.79 Å². The van der Waals surface area contributed by atoms with Gasteiger partial charge in [-0.2, -0.15) is 5.10 Å². The Morgan fingerprint density at radius 1 is 1.38 bits per heavy atom. The van der Waals surface area contributed by atoms with Crippen LogP contribution in [0.1, 0.15) is 34.5 Å². The normalized spacial score (nSPS) is 11.9. The molecule has 3 rings (SSSR count). The fourth-order valence-electron chi connectivity index (χ4n) is 2.25. The van der Waals surface area contributed by atoms with Gasteiger partial charge < -0.3 is 4.42 Å². The lowest BCUT2D eigenvalue weighted by molar-refractivity contribution is 0.0959. The van der Waals surface area contributed by atoms with Crippen molar-refractivity contribution in [3.8, 4) is 0 Å². The van der Waals surface area contributed by atoms with Crippen molar-refractivity contribution in [3.05, 3.63) is 57.6 Å². The molecule has 0 fully saturated rings. The van der Waals surface area contributed by atoms with Gasteiger partial charge in [-0.1, -0.05) is 18.5 Å². The van der Waals surface area contributed by atoms with Gasteiger partial charge in [0, 0.05) is 10.1 Å². The predicted molar refractivity (Wildman–Crippen MR) is 94.5 cm³/mol. The summed E-state index contributed by atoms with van der Waals surface area (Å²) in [6.07, 6.45) is 0.596. The van der Waals surface area contributed by atoms with E-state index in [9.17, 15) is 9.18 Å². The number of rotatable bonds is 4. The van der Waals surface area contributed by atoms with Gasteiger partial charge in [0.05, 0.1) is 5.02 Å². The summed E-state index contributed by atoms with van der Waals surface area (Å²) < 4.78 is 19.4. The maximum atomic E-state index is 13.3. The quantitative estimate of drug-likeness (QED) is 0.514. The van der Waals surface area contributed by atoms with Crippen LogP contribution in [0.3, 0.4) is 0 Å². The summed E-state index contributed by atoms with van der Waals surface area (Å²) in [6, 6.07) is 7.87. The van der Waals surface area contributed by atoms with Crippen LogP contribution in [0.2, 0.25) is 5.02 Å². The molecule has 1 amide bonds. The predicted octanol–water partition coefficient (Wildman–Crippen LogP) is 5.14. The average molecular weight is 365 g/mol. The Labute approximate surface area is 146 Å². The van der Waals surface area contributed by atoms with Crippen molar-refractivity contribution in [2.75, 3.05) is 0 Å². The summed E-state index contributed by atoms with van der Waals surface area (Å²) in [7, 11) is 0. The molecule has 0 atom stereocenters. The molecule has 0 unspecified atom stereocenters. The number of hydrogen-bond acceptors (Lipinski definition) is 4. The summed E-state index contributed by atoms with van der Waals surface area (Å²) >= 11 is 7.36. The van der Waals surface area contributed by atoms with E-state index in [-0.39, 0.29) is 5.82 Å². The maximum absolute atomic E-state index is 13.3. The van der Waals surface area contributed by atoms with E-state index >= 15 is 0 Å². The van der Waals surface area contributed by atoms with Gasteiger partial charge in [-0.15, -0.1) is 11.3 Å². The summed E-state index contributed by atoms with van der Waals surface area (Å²) in [4.78, 5) is 12.7. The van der Waals surface area contributed by atoms with E-state index in [1.54, 1.807) is 12.1 Å². The number of amides is 1. The Balaban J connectivity index is 1.87. The van der Waals surface area contributed by atoms with Crippen molar-refractivity contribution in [1.29, 1.82) is 0 Å². The molecule has 0 bridgehead atoms. The average Bonchev–Trinajstić information content (AvgIpc) is 3.12. The van der Waals surface area contributed by atoms with Crippen LogP contribution in [-0.4, -0.2) is 11.6 Å². The van der Waals surface area contributed by atoms with Crippen LogP contribution in [0, 0.1) is 12.7 Å². The lowest BCUT2D eigenvalue weighted by Gasteiger charge is -2.02. The smallest absolute Gasteiger partial charge is 0.283 e. The topological polar surface area (TPSA) is 54.6 Å². The molecule has 0 radical (unpaired) electrons. The van der Waals surface area contributed by atoms with Crippen LogP contribution >= 0.6 is 22.9 Å². The molecule has 7 heteroatoms. The zero-order valence-electron chi connectivity index (χ0n) is 13.0. The molecule has 0 spiro atoms. The second-order valence-electron chi connectivity index (χ2n) is 5.15. The molecular weight excluding hydrogens is 351 g/mol. The van der Waals surface area contributed by atoms with Crippen LogP contribution < -0.4 is 5.43 Å². The molecule has 0 saturated heterocycles. The van der Waals surface area contributed by atoms with E-state index in [4.69, 9.17) is 16.0 Å². The first-order chi connectivity index (χ1) is 11.5. The zero-order valence-corrected chi connectivity index (χ0v) is 14.6. The lowest BCUT2D eigenvalue weighted by Crippen LogP contribution is -2.19. The molecule has 0 saturated carbocycles. The molecule has 1 aromatic carbocycles. The van der Waals surface area contributed by atoms with Crippen LogP contribution in [0.4, 0.5) is 4.39 Å². The number of furan rings is 1. The molecule has 2 aromatic heterocycles. The number of hydrogen-bond donors (Lipinski definition) is 1. The van der Waals surface area contributed by atoms with Gasteiger partial charge in [0.1, 0.15) is 27.9 Å². The summed E-state index contributed by atoms with van der Waals surface area (Å²) in [6.45, 7) is 3.75. The van der Waals surface area contributed by atoms with Crippen molar-refractivity contribution < 1.29 is 13.6 Å². The fourth-order valence-corrected chi connectivity index (χ4v) is 3.68. The molecule has 24 heavy (non-hydrogen) atoms. The second kappa shape index (κ2) is 6.75. The van der Waals surface area contributed by atoms with Crippen LogP contribution in [0.5, 0.6) is 0 Å². The van der Waals surface area contributed by atoms with E-state index in [1.807, 2.05) is 19.9 Å². The van der Waals surface area contributed by atoms with Gasteiger partial charge >= 0.3 is 0 Å². The highest BCUT2D eigenvalue weighted by Crippen LogP contribution is 2.35. The third-order valence-electron chi connectivity index (χ3n) is 3.45. The van der Waals surface area contributed by atoms with Gasteiger partial charge in [-0.25, -0.2) is 9.82 Å². The molecule has 4 nitrogen and oxygen atoms in total. The molecular formula is C17H14ClFN2O2S. The number of fused-ring (bicyclic) bond motifs is 1. The number of carbonyl (C=O) groups excluding carboxylic acids is 1. The first kappa shape index (κ1) is 16.7. The monoisotopic (exact) mass is 364 g/mol. The molecule has 3 aromatic rings. The van der Waals surface area contributed by atoms with Crippen molar-refractivity contribution in [1.82, 2.24) is 5.43 Å². The van der Waals surface area contributed by atoms with Crippen molar-refractivity contribution in [3.63, 3.8) is 0 Å². The third kappa shape index (κ3) is 3.20. The molecule has 2 heterocycles. The Morgan fingerprint density at radius 3 is 2.83 bits per heavy atom. The number of hydrazone groups is 1. The highest BCUT2D eigenvalue weighted by Gasteiger charge is 2.17. The number of nitrogens with one attached hydrogen (secondary N) is 1. The number of benzene rings is 1. The van der Waals surface area contributed by atoms with Crippen molar-refractivity contribution >= 4 is 44.6 Å². The van der Waals surface area contributed by atoms with Gasteiger partial charge in [0.25, 0.3) is 5.91 Å². The van der Waals surface area contributed by atoms with Gasteiger partial charge in [-0.05, 0) is 43.7 Å². The van der Waals surface area contributed by atoms with E-state index in [0.717, 1.165) is 17.1 Å². The molecule has 0 aliphatic carbocycles. The first-order valence-corrected chi connectivity index (χ1v) is 8.50. The first-order valence-electron chi connectivity index (χ1n) is 7.31. The molecule has 0 aliphatic rings. The van der Waals surface area contributed by atoms with Gasteiger partial charge in [0.2, 0.25) is 0 Å². The Kier molecular flexibility index (Phi) is 4.69. The number of carbonyl (C=O) groups is 1. The van der Waals surface area contributed by atoms with Crippen LogP contribution in [0.25, 0.3) is 10.1 Å². The Morgan fingerprint density at radius 2 is 2.17 bits per heavy atom. The lowest BCUT2D eigenvalue weighted by atomic mass is 10.2. The standard InChI is InChI=1S/C17H14ClFN2O2S/c1-3-12(13-7-4-9(2)23-13)20-21-17(22)16-15(18)11-6-5-10(19)8-14(11)24-16/h4-8H,3H2,1-2H3,(H,21,22). The van der Waals surface area contributed by atoms with Crippen LogP contribution in [0.15, 0.2) is 39.9 Å². The zero-order chi connectivity index (χ0) is 17.3. The molecule has 0 aliphatic heterocycles. The third-order valence-corrected chi connectivity index (χ3v) is 5.11. The highest BCUT2D eigenvalue weighted by molar-refractivity contribution is 7.21. The number of halogens is 2. The summed E-state index contributed by atoms with van der Waals surface area (Å²) in [5, 5.41) is 5.08. The Hall–Kier alpha value is -2.18. The highest BCUT2D eigenvalue weighted by atomic mass is 35.5. The SMILES string of the molecule is CCC(=NNC(=O)c1sc2cc(F)ccc2c1Cl)c1ccc(C)o1. The maximum Gasteiger partial charge on any atom is 0.283 e. The van der Waals surface area contributed by atoms with Crippen molar-refractivity contribution in [2.45, 2.75) is 20.3 Å². The van der Waals surface area contributed by atoms with Gasteiger partial charge in [0.15, 0.2) is 0 Å². The number of thiophene rings is 1. The molecule has 124 valence electrons. The van der Waals surface area contributed by atoms with E-state index < -0.39 is 5.91 Å². The van der Waals surface area contributed by atoms with E-state index in [1.165, 1.54) is 12.1 Å². The fraction of sp³-hybridized carbons (Fsp3) is 0.176. The minimum atomic E-state index is -0.434. The molecule has 1 N–H and O–H groups in total.